The van der Waals surface area contributed by atoms with Gasteiger partial charge in [-0.3, -0.25) is 0 Å². The highest BCUT2D eigenvalue weighted by molar-refractivity contribution is 7.00. The van der Waals surface area contributed by atoms with Crippen molar-refractivity contribution in [1.82, 2.24) is 0 Å². The Balaban J connectivity index is 1.20. The highest BCUT2D eigenvalue weighted by Crippen LogP contribution is 2.66. The number of hydrogen-bond donors (Lipinski definition) is 0. The molecule has 0 amide bonds. The Kier molecular flexibility index (Phi) is 10.2. The fraction of sp³-hybridized carbons (Fsp3) is 0.455. The molecule has 2 fully saturated rings. The topological polar surface area (TPSA) is 9.72 Å². The van der Waals surface area contributed by atoms with Crippen LogP contribution in [0.15, 0.2) is 121 Å². The summed E-state index contributed by atoms with van der Waals surface area (Å²) in [6.07, 6.45) is 8.54. The van der Waals surface area contributed by atoms with E-state index in [0.717, 1.165) is 61.2 Å². The van der Waals surface area contributed by atoms with Gasteiger partial charge in [0.2, 0.25) is 0 Å². The van der Waals surface area contributed by atoms with Gasteiger partial charge in [-0.15, -0.1) is 0 Å². The molecular weight excluding hydrogens is 978 g/mol. The van der Waals surface area contributed by atoms with Crippen LogP contribution in [0.2, 0.25) is 0 Å². The number of fused-ring (bicyclic) bond motifs is 14. The van der Waals surface area contributed by atoms with Gasteiger partial charge in [-0.2, -0.15) is 0 Å². The number of hydrogen-bond acceptors (Lipinski definition) is 3. The summed E-state index contributed by atoms with van der Waals surface area (Å²) in [4.78, 5) is 8.21. The molecule has 0 spiro atoms. The predicted octanol–water partition coefficient (Wildman–Crippen LogP) is 18.9. The smallest absolute Gasteiger partial charge is 0.252 e. The first kappa shape index (κ1) is 49.6. The van der Waals surface area contributed by atoms with E-state index in [1.165, 1.54) is 108 Å². The van der Waals surface area contributed by atoms with Crippen molar-refractivity contribution in [2.75, 3.05) is 14.7 Å². The molecule has 4 heteroatoms. The largest absolute Gasteiger partial charge is 0.335 e. The van der Waals surface area contributed by atoms with E-state index in [1.54, 1.807) is 0 Å². The summed E-state index contributed by atoms with van der Waals surface area (Å²) in [6, 6.07) is 42.3. The van der Waals surface area contributed by atoms with Crippen LogP contribution in [0, 0.1) is 0 Å². The summed E-state index contributed by atoms with van der Waals surface area (Å²) in [6.45, 7) is 42.6. The van der Waals surface area contributed by atoms with Crippen LogP contribution < -0.4 is 31.1 Å². The van der Waals surface area contributed by atoms with Gasteiger partial charge in [0, 0.05) is 61.5 Å². The highest BCUT2D eigenvalue weighted by atomic mass is 15.3. The zero-order chi connectivity index (χ0) is 59.9. The molecule has 3 aliphatic carbocycles. The average Bonchev–Trinajstić information content (AvgIpc) is 1.43. The molecule has 7 aliphatic rings. The van der Waals surface area contributed by atoms with E-state index in [4.69, 9.17) is 0 Å². The third-order valence-corrected chi connectivity index (χ3v) is 22.6. The Morgan fingerprint density at radius 3 is 1.65 bits per heavy atom. The minimum atomic E-state index is -0.495. The van der Waals surface area contributed by atoms with Crippen LogP contribution in [0.5, 0.6) is 0 Å². The van der Waals surface area contributed by atoms with Crippen LogP contribution in [0.1, 0.15) is 225 Å². The van der Waals surface area contributed by atoms with Gasteiger partial charge >= 0.3 is 0 Å². The lowest BCUT2D eigenvalue weighted by Gasteiger charge is -2.54. The second kappa shape index (κ2) is 16.6. The van der Waals surface area contributed by atoms with Gasteiger partial charge in [-0.1, -0.05) is 227 Å². The van der Waals surface area contributed by atoms with Crippen molar-refractivity contribution in [1.29, 1.82) is 0 Å². The number of rotatable bonds is 3. The van der Waals surface area contributed by atoms with E-state index in [-0.39, 0.29) is 51.4 Å². The lowest BCUT2D eigenvalue weighted by atomic mass is 9.33. The van der Waals surface area contributed by atoms with Gasteiger partial charge in [0.25, 0.3) is 6.71 Å². The quantitative estimate of drug-likeness (QED) is 0.163. The minimum Gasteiger partial charge on any atom is -0.335 e. The molecular formula is C77H90BN3. The van der Waals surface area contributed by atoms with Crippen molar-refractivity contribution >= 4 is 62.9 Å². The Morgan fingerprint density at radius 1 is 0.444 bits per heavy atom. The predicted molar refractivity (Wildman–Crippen MR) is 349 cm³/mol. The molecule has 0 saturated heterocycles. The van der Waals surface area contributed by atoms with Crippen LogP contribution >= 0.6 is 0 Å². The minimum absolute atomic E-state index is 0.0716. The number of anilines is 7. The third-order valence-electron chi connectivity index (χ3n) is 22.6. The maximum Gasteiger partial charge on any atom is 0.252 e. The molecule has 0 radical (unpaired) electrons. The average molecular weight is 1070 g/mol. The zero-order valence-corrected chi connectivity index (χ0v) is 52.4. The Morgan fingerprint density at radius 2 is 1.01 bits per heavy atom. The van der Waals surface area contributed by atoms with E-state index in [9.17, 15) is 4.11 Å². The van der Waals surface area contributed by atoms with Crippen molar-refractivity contribution in [3.05, 3.63) is 166 Å². The van der Waals surface area contributed by atoms with E-state index in [0.29, 0.717) is 11.6 Å². The molecule has 0 bridgehead atoms. The van der Waals surface area contributed by atoms with Crippen molar-refractivity contribution in [3.63, 3.8) is 0 Å². The van der Waals surface area contributed by atoms with Crippen molar-refractivity contribution in [2.45, 2.75) is 225 Å². The SMILES string of the molecule is [2H]c1c([2H])c(C(C)(C)C)c([2H])c2c1N(c1cc3c4c(c1)N1c5c(cc(C(C)(C)C)cc5C5(C)CCCCC15C)B4c1ccc4c(c1N3c1ccc(C(C)(C)C)cc1-c1ccccc1)-c1cc(C(C)(C)C)ccc1C4(C)C)C1(C)CCCCC21C. The summed E-state index contributed by atoms with van der Waals surface area (Å²) in [5.74, 6) is 0. The Hall–Kier alpha value is -6.00. The van der Waals surface area contributed by atoms with E-state index in [1.807, 2.05) is 0 Å². The summed E-state index contributed by atoms with van der Waals surface area (Å²) >= 11 is 0. The van der Waals surface area contributed by atoms with E-state index < -0.39 is 16.4 Å². The standard InChI is InChI=1S/C77H90BN3/c1-69(2,3)48-28-31-55-54(41-48)65-56(73(55,13)14)32-33-59-68(65)79(61-34-29-49(70(4,5)6)40-53(61)47-26-20-19-21-27-47)63-45-52(80-62-35-30-50(71(7,8)9)42-57(62)74(15)36-22-24-38-76(74,80)17)46-64-66(63)78(59)60-44-51(72(10,11)12)43-58-67(60)81(64)77(18)39-25-23-37-75(58,77)16/h19-21,26-35,40-46H,22-25,36-39H2,1-18H3/i30D,35D,42D. The normalized spacial score (nSPS) is 25.2. The Bertz CT molecular complexity index is 4010. The van der Waals surface area contributed by atoms with Gasteiger partial charge in [0.15, 0.2) is 0 Å². The lowest BCUT2D eigenvalue weighted by Crippen LogP contribution is -2.65. The Labute approximate surface area is 492 Å². The van der Waals surface area contributed by atoms with E-state index >= 15 is 0 Å². The fourth-order valence-electron chi connectivity index (χ4n) is 17.2. The first-order chi connectivity index (χ1) is 39.2. The molecule has 7 aromatic carbocycles. The molecule has 0 aromatic heterocycles. The molecule has 81 heavy (non-hydrogen) atoms. The van der Waals surface area contributed by atoms with Crippen molar-refractivity contribution in [3.8, 4) is 22.3 Å². The van der Waals surface area contributed by atoms with Crippen LogP contribution in [-0.2, 0) is 37.9 Å². The maximum atomic E-state index is 10.4. The van der Waals surface area contributed by atoms with Crippen molar-refractivity contribution in [2.24, 2.45) is 0 Å². The number of nitrogens with zero attached hydrogens (tertiary/aromatic N) is 3. The first-order valence-corrected chi connectivity index (χ1v) is 31.1. The molecule has 4 heterocycles. The monoisotopic (exact) mass is 1070 g/mol. The summed E-state index contributed by atoms with van der Waals surface area (Å²) in [7, 11) is 0. The molecule has 14 rings (SSSR count). The third kappa shape index (κ3) is 7.01. The van der Waals surface area contributed by atoms with Gasteiger partial charge < -0.3 is 14.7 Å². The second-order valence-corrected chi connectivity index (χ2v) is 31.8. The number of benzene rings is 7. The maximum absolute atomic E-state index is 10.4. The van der Waals surface area contributed by atoms with Gasteiger partial charge in [-0.25, -0.2) is 0 Å². The summed E-state index contributed by atoms with van der Waals surface area (Å²) < 4.78 is 30.8. The molecule has 0 N–H and O–H groups in total. The van der Waals surface area contributed by atoms with Gasteiger partial charge in [-0.05, 0) is 164 Å². The molecule has 4 atom stereocenters. The summed E-state index contributed by atoms with van der Waals surface area (Å²) in [5, 5.41) is 0. The van der Waals surface area contributed by atoms with Gasteiger partial charge in [0.05, 0.1) is 20.9 Å². The van der Waals surface area contributed by atoms with Crippen LogP contribution in [-0.4, -0.2) is 17.8 Å². The molecule has 2 saturated carbocycles. The molecule has 7 aromatic rings. The fourth-order valence-corrected chi connectivity index (χ4v) is 17.2. The molecule has 4 aliphatic heterocycles. The van der Waals surface area contributed by atoms with Crippen LogP contribution in [0.4, 0.5) is 39.8 Å². The van der Waals surface area contributed by atoms with Gasteiger partial charge in [0.1, 0.15) is 0 Å². The second-order valence-electron chi connectivity index (χ2n) is 31.8. The molecule has 4 unspecified atom stereocenters. The van der Waals surface area contributed by atoms with Crippen LogP contribution in [0.3, 0.4) is 0 Å². The first-order valence-electron chi connectivity index (χ1n) is 32.6. The summed E-state index contributed by atoms with van der Waals surface area (Å²) in [5.41, 5.74) is 24.8. The van der Waals surface area contributed by atoms with Crippen LogP contribution in [0.25, 0.3) is 22.3 Å². The zero-order valence-electron chi connectivity index (χ0n) is 55.4. The highest BCUT2D eigenvalue weighted by Gasteiger charge is 2.63. The lowest BCUT2D eigenvalue weighted by molar-refractivity contribution is 0.194. The molecule has 416 valence electrons. The van der Waals surface area contributed by atoms with Crippen molar-refractivity contribution < 1.29 is 4.11 Å². The van der Waals surface area contributed by atoms with E-state index in [2.05, 4.69) is 242 Å². The molecule has 3 nitrogen and oxygen atoms in total.